The summed E-state index contributed by atoms with van der Waals surface area (Å²) in [5, 5.41) is 0. The van der Waals surface area contributed by atoms with Crippen molar-refractivity contribution in [2.45, 2.75) is 39.5 Å². The van der Waals surface area contributed by atoms with Crippen molar-refractivity contribution in [2.24, 2.45) is 5.84 Å². The van der Waals surface area contributed by atoms with Crippen molar-refractivity contribution in [1.29, 1.82) is 0 Å². The van der Waals surface area contributed by atoms with Gasteiger partial charge in [-0.05, 0) is 6.42 Å². The molecule has 2 aromatic heterocycles. The highest BCUT2D eigenvalue weighted by Crippen LogP contribution is 2.17. The number of anilines is 1. The largest absolute Gasteiger partial charge is 0.308 e. The summed E-state index contributed by atoms with van der Waals surface area (Å²) in [6.07, 6.45) is 5.66. The summed E-state index contributed by atoms with van der Waals surface area (Å²) in [6.45, 7) is 6.24. The fourth-order valence-corrected chi connectivity index (χ4v) is 1.86. The van der Waals surface area contributed by atoms with Gasteiger partial charge >= 0.3 is 0 Å². The summed E-state index contributed by atoms with van der Waals surface area (Å²) >= 11 is 0. The van der Waals surface area contributed by atoms with E-state index in [1.807, 2.05) is 16.8 Å². The van der Waals surface area contributed by atoms with Crippen LogP contribution in [-0.4, -0.2) is 19.5 Å². The predicted molar refractivity (Wildman–Crippen MR) is 75.0 cm³/mol. The van der Waals surface area contributed by atoms with E-state index < -0.39 is 0 Å². The van der Waals surface area contributed by atoms with Crippen LogP contribution in [0.15, 0.2) is 18.5 Å². The molecule has 0 bridgehead atoms. The molecule has 2 heterocycles. The summed E-state index contributed by atoms with van der Waals surface area (Å²) in [5.74, 6) is 8.89. The van der Waals surface area contributed by atoms with Crippen LogP contribution in [-0.2, 0) is 6.42 Å². The van der Waals surface area contributed by atoms with Crippen LogP contribution < -0.4 is 11.3 Å². The molecule has 0 fully saturated rings. The van der Waals surface area contributed by atoms with Gasteiger partial charge in [0.05, 0.1) is 0 Å². The maximum Gasteiger partial charge on any atom is 0.145 e. The van der Waals surface area contributed by atoms with Gasteiger partial charge in [-0.25, -0.2) is 20.8 Å². The molecule has 19 heavy (non-hydrogen) atoms. The van der Waals surface area contributed by atoms with E-state index in [0.29, 0.717) is 5.82 Å². The molecular weight excluding hydrogens is 240 g/mol. The Hall–Kier alpha value is -1.95. The van der Waals surface area contributed by atoms with Gasteiger partial charge in [-0.2, -0.15) is 0 Å². The van der Waals surface area contributed by atoms with Crippen molar-refractivity contribution in [1.82, 2.24) is 19.5 Å². The Kier molecular flexibility index (Phi) is 4.11. The molecule has 0 amide bonds. The SMILES string of the molecule is CCCc1nccn1-c1cc(NN)nc(C(C)C)n1. The molecule has 6 nitrogen and oxygen atoms in total. The average Bonchev–Trinajstić information content (AvgIpc) is 2.87. The first-order valence-corrected chi connectivity index (χ1v) is 6.54. The number of nitrogens with zero attached hydrogens (tertiary/aromatic N) is 4. The van der Waals surface area contributed by atoms with Crippen LogP contribution in [0.2, 0.25) is 0 Å². The molecule has 0 aromatic carbocycles. The zero-order chi connectivity index (χ0) is 13.8. The maximum absolute atomic E-state index is 5.47. The minimum atomic E-state index is 0.241. The van der Waals surface area contributed by atoms with Crippen molar-refractivity contribution in [3.63, 3.8) is 0 Å². The Morgan fingerprint density at radius 1 is 1.37 bits per heavy atom. The van der Waals surface area contributed by atoms with E-state index >= 15 is 0 Å². The predicted octanol–water partition coefficient (Wildman–Crippen LogP) is 2.02. The maximum atomic E-state index is 5.47. The lowest BCUT2D eigenvalue weighted by Crippen LogP contribution is -2.13. The number of rotatable bonds is 5. The van der Waals surface area contributed by atoms with Gasteiger partial charge in [0.15, 0.2) is 0 Å². The topological polar surface area (TPSA) is 81.7 Å². The molecular formula is C13H20N6. The van der Waals surface area contributed by atoms with Crippen LogP contribution >= 0.6 is 0 Å². The van der Waals surface area contributed by atoms with E-state index in [0.717, 1.165) is 30.3 Å². The minimum absolute atomic E-state index is 0.241. The Labute approximate surface area is 113 Å². The van der Waals surface area contributed by atoms with Crippen LogP contribution in [0, 0.1) is 0 Å². The van der Waals surface area contributed by atoms with E-state index in [2.05, 4.69) is 41.1 Å². The Bertz CT molecular complexity index is 546. The third-order valence-corrected chi connectivity index (χ3v) is 2.83. The molecule has 102 valence electrons. The Balaban J connectivity index is 2.48. The first-order chi connectivity index (χ1) is 9.15. The first-order valence-electron chi connectivity index (χ1n) is 6.54. The average molecular weight is 260 g/mol. The van der Waals surface area contributed by atoms with Crippen LogP contribution in [0.1, 0.15) is 44.8 Å². The standard InChI is InChI=1S/C13H20N6/c1-4-5-11-15-6-7-19(11)12-8-10(18-14)16-13(17-12)9(2)3/h6-9H,4-5,14H2,1-3H3,(H,16,17,18). The van der Waals surface area contributed by atoms with Crippen molar-refractivity contribution < 1.29 is 0 Å². The number of aromatic nitrogens is 4. The molecule has 0 saturated heterocycles. The summed E-state index contributed by atoms with van der Waals surface area (Å²) in [5.41, 5.74) is 2.59. The smallest absolute Gasteiger partial charge is 0.145 e. The third kappa shape index (κ3) is 2.90. The normalized spacial score (nSPS) is 11.0. The van der Waals surface area contributed by atoms with Gasteiger partial charge in [0.2, 0.25) is 0 Å². The number of hydrazine groups is 1. The highest BCUT2D eigenvalue weighted by Gasteiger charge is 2.11. The zero-order valence-electron chi connectivity index (χ0n) is 11.6. The van der Waals surface area contributed by atoms with Crippen molar-refractivity contribution in [3.8, 4) is 5.82 Å². The fraction of sp³-hybridized carbons (Fsp3) is 0.462. The molecule has 0 aliphatic rings. The number of nitrogens with two attached hydrogens (primary N) is 1. The molecule has 3 N–H and O–H groups in total. The molecule has 2 aromatic rings. The highest BCUT2D eigenvalue weighted by atomic mass is 15.3. The van der Waals surface area contributed by atoms with Gasteiger partial charge in [-0.1, -0.05) is 20.8 Å². The molecule has 0 aliphatic heterocycles. The third-order valence-electron chi connectivity index (χ3n) is 2.83. The zero-order valence-corrected chi connectivity index (χ0v) is 11.6. The number of aryl methyl sites for hydroxylation is 1. The van der Waals surface area contributed by atoms with E-state index in [1.54, 1.807) is 6.20 Å². The number of nitrogens with one attached hydrogen (secondary N) is 1. The molecule has 2 rings (SSSR count). The van der Waals surface area contributed by atoms with E-state index in [-0.39, 0.29) is 5.92 Å². The number of imidazole rings is 1. The highest BCUT2D eigenvalue weighted by molar-refractivity contribution is 5.41. The van der Waals surface area contributed by atoms with Gasteiger partial charge in [0.25, 0.3) is 0 Å². The van der Waals surface area contributed by atoms with Gasteiger partial charge in [-0.15, -0.1) is 0 Å². The van der Waals surface area contributed by atoms with Crippen molar-refractivity contribution in [2.75, 3.05) is 5.43 Å². The quantitative estimate of drug-likeness (QED) is 0.635. The summed E-state index contributed by atoms with van der Waals surface area (Å²) in [7, 11) is 0. The molecule has 0 unspecified atom stereocenters. The van der Waals surface area contributed by atoms with E-state index in [1.165, 1.54) is 0 Å². The van der Waals surface area contributed by atoms with E-state index in [9.17, 15) is 0 Å². The second-order valence-corrected chi connectivity index (χ2v) is 4.73. The van der Waals surface area contributed by atoms with E-state index in [4.69, 9.17) is 5.84 Å². The van der Waals surface area contributed by atoms with Gasteiger partial charge in [0.1, 0.15) is 23.3 Å². The first kappa shape index (κ1) is 13.5. The summed E-state index contributed by atoms with van der Waals surface area (Å²) < 4.78 is 1.98. The number of hydrogen-bond donors (Lipinski definition) is 2. The second-order valence-electron chi connectivity index (χ2n) is 4.73. The monoisotopic (exact) mass is 260 g/mol. The van der Waals surface area contributed by atoms with Crippen molar-refractivity contribution >= 4 is 5.82 Å². The minimum Gasteiger partial charge on any atom is -0.308 e. The lowest BCUT2D eigenvalue weighted by atomic mass is 10.2. The van der Waals surface area contributed by atoms with Crippen LogP contribution in [0.5, 0.6) is 0 Å². The van der Waals surface area contributed by atoms with Gasteiger partial charge in [-0.3, -0.25) is 4.57 Å². The molecule has 0 radical (unpaired) electrons. The lowest BCUT2D eigenvalue weighted by Gasteiger charge is -2.11. The van der Waals surface area contributed by atoms with Crippen LogP contribution in [0.25, 0.3) is 5.82 Å². The molecule has 6 heteroatoms. The molecule has 0 aliphatic carbocycles. The number of hydrogen-bond acceptors (Lipinski definition) is 5. The Morgan fingerprint density at radius 3 is 2.79 bits per heavy atom. The van der Waals surface area contributed by atoms with Crippen LogP contribution in [0.3, 0.4) is 0 Å². The fourth-order valence-electron chi connectivity index (χ4n) is 1.86. The molecule has 0 atom stereocenters. The Morgan fingerprint density at radius 2 is 2.16 bits per heavy atom. The summed E-state index contributed by atoms with van der Waals surface area (Å²) in [4.78, 5) is 13.3. The van der Waals surface area contributed by atoms with Gasteiger partial charge in [0, 0.05) is 30.8 Å². The molecule has 0 saturated carbocycles. The second kappa shape index (κ2) is 5.79. The van der Waals surface area contributed by atoms with Gasteiger partial charge < -0.3 is 5.43 Å². The van der Waals surface area contributed by atoms with Crippen molar-refractivity contribution in [3.05, 3.63) is 30.1 Å². The molecule has 0 spiro atoms. The number of nitrogen functional groups attached to an aromatic ring is 1. The van der Waals surface area contributed by atoms with Crippen LogP contribution in [0.4, 0.5) is 5.82 Å². The summed E-state index contributed by atoms with van der Waals surface area (Å²) in [6, 6.07) is 1.83. The lowest BCUT2D eigenvalue weighted by molar-refractivity contribution is 0.746.